The largest absolute Gasteiger partial charge is 0.382 e. The fourth-order valence-electron chi connectivity index (χ4n) is 0.993. The third-order valence-corrected chi connectivity index (χ3v) is 2.02. The lowest BCUT2D eigenvalue weighted by atomic mass is 10.3. The Hall–Kier alpha value is -0.650. The number of nitrogens with two attached hydrogens (primary N) is 1. The predicted octanol–water partition coefficient (Wildman–Crippen LogP) is -0.107. The first-order valence-corrected chi connectivity index (χ1v) is 5.28. The second-order valence-electron chi connectivity index (χ2n) is 3.39. The highest BCUT2D eigenvalue weighted by molar-refractivity contribution is 5.79. The van der Waals surface area contributed by atoms with Crippen molar-refractivity contribution >= 4 is 5.91 Å². The van der Waals surface area contributed by atoms with Crippen molar-refractivity contribution in [3.63, 3.8) is 0 Å². The quantitative estimate of drug-likeness (QED) is 0.502. The van der Waals surface area contributed by atoms with Crippen LogP contribution in [0.4, 0.5) is 0 Å². The van der Waals surface area contributed by atoms with E-state index < -0.39 is 0 Å². The highest BCUT2D eigenvalue weighted by Gasteiger charge is 2.05. The molecular formula is C10H22N2O3. The van der Waals surface area contributed by atoms with Crippen molar-refractivity contribution in [2.45, 2.75) is 25.8 Å². The summed E-state index contributed by atoms with van der Waals surface area (Å²) in [6.07, 6.45) is 1.95. The minimum Gasteiger partial charge on any atom is -0.382 e. The molecule has 0 radical (unpaired) electrons. The molecule has 0 rings (SSSR count). The van der Waals surface area contributed by atoms with Crippen LogP contribution in [0.5, 0.6) is 0 Å². The Morgan fingerprint density at radius 3 is 2.67 bits per heavy atom. The number of carbonyl (C=O) groups excluding carboxylic acids is 1. The number of amides is 1. The van der Waals surface area contributed by atoms with Gasteiger partial charge in [0.1, 0.15) is 0 Å². The summed E-state index contributed by atoms with van der Waals surface area (Å²) in [6, 6.07) is -0.251. The first-order chi connectivity index (χ1) is 7.18. The zero-order valence-electron chi connectivity index (χ0n) is 9.62. The van der Waals surface area contributed by atoms with Gasteiger partial charge in [-0.05, 0) is 26.3 Å². The molecule has 15 heavy (non-hydrogen) atoms. The summed E-state index contributed by atoms with van der Waals surface area (Å²) in [5.74, 6) is -0.314. The van der Waals surface area contributed by atoms with E-state index in [2.05, 4.69) is 5.32 Å². The summed E-state index contributed by atoms with van der Waals surface area (Å²) >= 11 is 0. The van der Waals surface area contributed by atoms with E-state index in [9.17, 15) is 4.79 Å². The van der Waals surface area contributed by atoms with Crippen LogP contribution in [0.25, 0.3) is 0 Å². The Kier molecular flexibility index (Phi) is 9.46. The zero-order valence-corrected chi connectivity index (χ0v) is 9.62. The summed E-state index contributed by atoms with van der Waals surface area (Å²) in [5.41, 5.74) is 5.09. The van der Waals surface area contributed by atoms with Crippen LogP contribution in [0.2, 0.25) is 0 Å². The van der Waals surface area contributed by atoms with Gasteiger partial charge in [0.2, 0.25) is 5.91 Å². The molecule has 5 heteroatoms. The van der Waals surface area contributed by atoms with Crippen molar-refractivity contribution in [2.75, 3.05) is 33.5 Å². The van der Waals surface area contributed by atoms with E-state index >= 15 is 0 Å². The van der Waals surface area contributed by atoms with Crippen molar-refractivity contribution < 1.29 is 14.3 Å². The molecule has 0 aromatic rings. The third-order valence-electron chi connectivity index (χ3n) is 2.02. The molecular weight excluding hydrogens is 196 g/mol. The standard InChI is InChI=1S/C10H22N2O3/c1-9(10(11)13)12-5-3-4-6-15-8-7-14-2/h9,12H,3-8H2,1-2H3,(H2,11,13). The number of hydrogen-bond acceptors (Lipinski definition) is 4. The van der Waals surface area contributed by atoms with Gasteiger partial charge in [0.05, 0.1) is 19.3 Å². The summed E-state index contributed by atoms with van der Waals surface area (Å²) in [7, 11) is 1.65. The van der Waals surface area contributed by atoms with Gasteiger partial charge in [0, 0.05) is 13.7 Å². The van der Waals surface area contributed by atoms with Gasteiger partial charge in [-0.15, -0.1) is 0 Å². The van der Waals surface area contributed by atoms with E-state index in [4.69, 9.17) is 15.2 Å². The molecule has 0 aliphatic heterocycles. The molecule has 0 aliphatic rings. The van der Waals surface area contributed by atoms with Crippen LogP contribution in [0.1, 0.15) is 19.8 Å². The number of ether oxygens (including phenoxy) is 2. The molecule has 0 aromatic carbocycles. The number of rotatable bonds is 10. The molecule has 0 saturated heterocycles. The van der Waals surface area contributed by atoms with E-state index in [0.717, 1.165) is 26.0 Å². The minimum atomic E-state index is -0.314. The van der Waals surface area contributed by atoms with Gasteiger partial charge in [0.15, 0.2) is 0 Å². The van der Waals surface area contributed by atoms with E-state index in [-0.39, 0.29) is 11.9 Å². The van der Waals surface area contributed by atoms with Crippen LogP contribution in [0, 0.1) is 0 Å². The summed E-state index contributed by atoms with van der Waals surface area (Å²) in [6.45, 7) is 4.56. The minimum absolute atomic E-state index is 0.251. The predicted molar refractivity (Wildman–Crippen MR) is 58.6 cm³/mol. The maximum absolute atomic E-state index is 10.7. The molecule has 0 saturated carbocycles. The average Bonchev–Trinajstić information content (AvgIpc) is 2.21. The van der Waals surface area contributed by atoms with Crippen molar-refractivity contribution in [1.82, 2.24) is 5.32 Å². The molecule has 90 valence electrons. The van der Waals surface area contributed by atoms with Gasteiger partial charge >= 0.3 is 0 Å². The maximum atomic E-state index is 10.7. The van der Waals surface area contributed by atoms with Crippen LogP contribution >= 0.6 is 0 Å². The Balaban J connectivity index is 3.08. The molecule has 5 nitrogen and oxygen atoms in total. The molecule has 0 aromatic heterocycles. The number of unbranched alkanes of at least 4 members (excludes halogenated alkanes) is 1. The highest BCUT2D eigenvalue weighted by atomic mass is 16.5. The Labute approximate surface area is 91.3 Å². The number of primary amides is 1. The summed E-state index contributed by atoms with van der Waals surface area (Å²) < 4.78 is 10.1. The molecule has 0 heterocycles. The van der Waals surface area contributed by atoms with Crippen molar-refractivity contribution in [1.29, 1.82) is 0 Å². The van der Waals surface area contributed by atoms with Crippen LogP contribution in [-0.2, 0) is 14.3 Å². The van der Waals surface area contributed by atoms with Crippen molar-refractivity contribution in [3.8, 4) is 0 Å². The Morgan fingerprint density at radius 2 is 2.07 bits per heavy atom. The molecule has 3 N–H and O–H groups in total. The summed E-state index contributed by atoms with van der Waals surface area (Å²) in [4.78, 5) is 10.7. The van der Waals surface area contributed by atoms with Gasteiger partial charge in [-0.2, -0.15) is 0 Å². The molecule has 0 aliphatic carbocycles. The first kappa shape index (κ1) is 14.3. The van der Waals surface area contributed by atoms with Gasteiger partial charge in [-0.25, -0.2) is 0 Å². The molecule has 1 amide bonds. The molecule has 1 unspecified atom stereocenters. The molecule has 0 spiro atoms. The number of methoxy groups -OCH3 is 1. The van der Waals surface area contributed by atoms with Crippen LogP contribution in [0.3, 0.4) is 0 Å². The van der Waals surface area contributed by atoms with Gasteiger partial charge in [0.25, 0.3) is 0 Å². The van der Waals surface area contributed by atoms with E-state index in [1.807, 2.05) is 0 Å². The van der Waals surface area contributed by atoms with Crippen LogP contribution in [-0.4, -0.2) is 45.4 Å². The zero-order chi connectivity index (χ0) is 11.5. The van der Waals surface area contributed by atoms with Crippen molar-refractivity contribution in [3.05, 3.63) is 0 Å². The maximum Gasteiger partial charge on any atom is 0.234 e. The van der Waals surface area contributed by atoms with E-state index in [1.54, 1.807) is 14.0 Å². The normalized spacial score (nSPS) is 12.7. The average molecular weight is 218 g/mol. The fourth-order valence-corrected chi connectivity index (χ4v) is 0.993. The lowest BCUT2D eigenvalue weighted by Gasteiger charge is -2.09. The molecule has 1 atom stereocenters. The first-order valence-electron chi connectivity index (χ1n) is 5.28. The number of nitrogens with one attached hydrogen (secondary N) is 1. The van der Waals surface area contributed by atoms with E-state index in [0.29, 0.717) is 13.2 Å². The smallest absolute Gasteiger partial charge is 0.234 e. The Morgan fingerprint density at radius 1 is 1.33 bits per heavy atom. The molecule has 0 bridgehead atoms. The second-order valence-corrected chi connectivity index (χ2v) is 3.39. The molecule has 0 fully saturated rings. The van der Waals surface area contributed by atoms with Crippen LogP contribution < -0.4 is 11.1 Å². The third kappa shape index (κ3) is 9.65. The monoisotopic (exact) mass is 218 g/mol. The topological polar surface area (TPSA) is 73.6 Å². The van der Waals surface area contributed by atoms with Gasteiger partial charge < -0.3 is 20.5 Å². The fraction of sp³-hybridized carbons (Fsp3) is 0.900. The second kappa shape index (κ2) is 9.89. The van der Waals surface area contributed by atoms with Gasteiger partial charge in [-0.1, -0.05) is 0 Å². The number of carbonyl (C=O) groups is 1. The Bertz CT molecular complexity index is 165. The van der Waals surface area contributed by atoms with Gasteiger partial charge in [-0.3, -0.25) is 4.79 Å². The highest BCUT2D eigenvalue weighted by Crippen LogP contribution is 1.90. The number of hydrogen-bond donors (Lipinski definition) is 2. The summed E-state index contributed by atoms with van der Waals surface area (Å²) in [5, 5.41) is 3.03. The lowest BCUT2D eigenvalue weighted by molar-refractivity contribution is -0.119. The van der Waals surface area contributed by atoms with Crippen molar-refractivity contribution in [2.24, 2.45) is 5.73 Å². The van der Waals surface area contributed by atoms with Crippen LogP contribution in [0.15, 0.2) is 0 Å². The van der Waals surface area contributed by atoms with E-state index in [1.165, 1.54) is 0 Å². The SMILES string of the molecule is COCCOCCCCNC(C)C(N)=O. The lowest BCUT2D eigenvalue weighted by Crippen LogP contribution is -2.39.